The molecule has 1 aromatic carbocycles. The highest BCUT2D eigenvalue weighted by atomic mass is 16.3. The number of hydrogen-bond acceptors (Lipinski definition) is 2. The Morgan fingerprint density at radius 3 is 2.67 bits per heavy atom. The summed E-state index contributed by atoms with van der Waals surface area (Å²) in [5.41, 5.74) is 1.70. The molecule has 2 heteroatoms. The number of phenolic OH excluding ortho intramolecular Hbond substituents is 2. The van der Waals surface area contributed by atoms with Crippen molar-refractivity contribution in [2.75, 3.05) is 0 Å². The highest BCUT2D eigenvalue weighted by molar-refractivity contribution is 5.49. The van der Waals surface area contributed by atoms with Crippen LogP contribution in [-0.2, 0) is 6.42 Å². The van der Waals surface area contributed by atoms with E-state index in [0.717, 1.165) is 11.1 Å². The first kappa shape index (κ1) is 8.65. The van der Waals surface area contributed by atoms with Crippen LogP contribution in [0.2, 0.25) is 0 Å². The van der Waals surface area contributed by atoms with Gasteiger partial charge in [-0.05, 0) is 25.0 Å². The molecule has 0 aliphatic carbocycles. The Balaban J connectivity index is 3.22. The van der Waals surface area contributed by atoms with E-state index in [1.54, 1.807) is 12.1 Å². The molecule has 0 spiro atoms. The second kappa shape index (κ2) is 3.30. The number of rotatable bonds is 2. The minimum Gasteiger partial charge on any atom is -0.504 e. The Kier molecular flexibility index (Phi) is 2.38. The molecule has 2 N–H and O–H groups in total. The molecule has 0 unspecified atom stereocenters. The molecule has 1 rings (SSSR count). The van der Waals surface area contributed by atoms with E-state index in [-0.39, 0.29) is 11.5 Å². The molecule has 0 bridgehead atoms. The molecule has 0 aliphatic rings. The van der Waals surface area contributed by atoms with Crippen LogP contribution in [0.1, 0.15) is 11.1 Å². The van der Waals surface area contributed by atoms with Gasteiger partial charge in [-0.1, -0.05) is 12.1 Å². The summed E-state index contributed by atoms with van der Waals surface area (Å²) in [5.74, 6) is -0.104. The molecule has 0 fully saturated rings. The van der Waals surface area contributed by atoms with E-state index in [1.165, 1.54) is 6.07 Å². The Bertz CT molecular complexity index is 303. The zero-order valence-electron chi connectivity index (χ0n) is 7.04. The lowest BCUT2D eigenvalue weighted by atomic mass is 10.0. The first-order chi connectivity index (χ1) is 5.66. The van der Waals surface area contributed by atoms with E-state index in [1.807, 2.05) is 6.92 Å². The van der Waals surface area contributed by atoms with Gasteiger partial charge in [0.15, 0.2) is 11.5 Å². The minimum absolute atomic E-state index is 0.0325. The van der Waals surface area contributed by atoms with Crippen molar-refractivity contribution in [2.45, 2.75) is 13.3 Å². The van der Waals surface area contributed by atoms with Gasteiger partial charge in [0.1, 0.15) is 0 Å². The molecule has 0 amide bonds. The Labute approximate surface area is 71.8 Å². The van der Waals surface area contributed by atoms with Crippen LogP contribution in [0.3, 0.4) is 0 Å². The van der Waals surface area contributed by atoms with E-state index in [4.69, 9.17) is 5.11 Å². The number of aromatic hydroxyl groups is 2. The van der Waals surface area contributed by atoms with E-state index >= 15 is 0 Å². The van der Waals surface area contributed by atoms with Crippen LogP contribution >= 0.6 is 0 Å². The van der Waals surface area contributed by atoms with Gasteiger partial charge in [-0.15, -0.1) is 6.58 Å². The monoisotopic (exact) mass is 164 g/mol. The molecule has 0 saturated carbocycles. The third kappa shape index (κ3) is 1.42. The van der Waals surface area contributed by atoms with Crippen LogP contribution in [0, 0.1) is 6.92 Å². The molecule has 12 heavy (non-hydrogen) atoms. The Morgan fingerprint density at radius 1 is 1.42 bits per heavy atom. The maximum absolute atomic E-state index is 9.41. The Hall–Kier alpha value is -1.44. The van der Waals surface area contributed by atoms with Gasteiger partial charge in [0.2, 0.25) is 0 Å². The van der Waals surface area contributed by atoms with Crippen LogP contribution in [0.4, 0.5) is 0 Å². The molecule has 64 valence electrons. The zero-order chi connectivity index (χ0) is 9.14. The predicted octanol–water partition coefficient (Wildman–Crippen LogP) is 2.13. The summed E-state index contributed by atoms with van der Waals surface area (Å²) in [6, 6.07) is 3.26. The average Bonchev–Trinajstić information content (AvgIpc) is 2.06. The van der Waals surface area contributed by atoms with Gasteiger partial charge in [0.05, 0.1) is 0 Å². The first-order valence-electron chi connectivity index (χ1n) is 3.78. The van der Waals surface area contributed by atoms with Crippen molar-refractivity contribution in [1.29, 1.82) is 0 Å². The highest BCUT2D eigenvalue weighted by Gasteiger charge is 2.06. The van der Waals surface area contributed by atoms with Gasteiger partial charge < -0.3 is 10.2 Å². The van der Waals surface area contributed by atoms with Crippen LogP contribution < -0.4 is 0 Å². The largest absolute Gasteiger partial charge is 0.504 e. The topological polar surface area (TPSA) is 40.5 Å². The number of benzene rings is 1. The quantitative estimate of drug-likeness (QED) is 0.519. The fraction of sp³-hybridized carbons (Fsp3) is 0.200. The Morgan fingerprint density at radius 2 is 2.08 bits per heavy atom. The number of hydrogen-bond donors (Lipinski definition) is 2. The summed E-state index contributed by atoms with van der Waals surface area (Å²) < 4.78 is 0. The maximum Gasteiger partial charge on any atom is 0.161 e. The first-order valence-corrected chi connectivity index (χ1v) is 3.78. The lowest BCUT2D eigenvalue weighted by Gasteiger charge is -2.06. The van der Waals surface area contributed by atoms with Gasteiger partial charge in [-0.25, -0.2) is 0 Å². The van der Waals surface area contributed by atoms with Gasteiger partial charge in [0.25, 0.3) is 0 Å². The van der Waals surface area contributed by atoms with Crippen molar-refractivity contribution in [1.82, 2.24) is 0 Å². The molecule has 2 nitrogen and oxygen atoms in total. The fourth-order valence-corrected chi connectivity index (χ4v) is 1.13. The smallest absolute Gasteiger partial charge is 0.161 e. The minimum atomic E-state index is -0.0718. The molecular weight excluding hydrogens is 152 g/mol. The summed E-state index contributed by atoms with van der Waals surface area (Å²) in [7, 11) is 0. The average molecular weight is 164 g/mol. The van der Waals surface area contributed by atoms with E-state index in [9.17, 15) is 5.11 Å². The number of aryl methyl sites for hydroxylation is 1. The van der Waals surface area contributed by atoms with Crippen LogP contribution in [0.15, 0.2) is 24.8 Å². The maximum atomic E-state index is 9.41. The fourth-order valence-electron chi connectivity index (χ4n) is 1.13. The lowest BCUT2D eigenvalue weighted by molar-refractivity contribution is 0.400. The van der Waals surface area contributed by atoms with Crippen molar-refractivity contribution in [3.63, 3.8) is 0 Å². The SMILES string of the molecule is C=CCc1c(C)ccc(O)c1O. The van der Waals surface area contributed by atoms with Crippen molar-refractivity contribution < 1.29 is 10.2 Å². The third-order valence-corrected chi connectivity index (χ3v) is 1.84. The second-order valence-corrected chi connectivity index (χ2v) is 2.72. The summed E-state index contributed by atoms with van der Waals surface area (Å²) >= 11 is 0. The summed E-state index contributed by atoms with van der Waals surface area (Å²) in [4.78, 5) is 0. The van der Waals surface area contributed by atoms with E-state index in [0.29, 0.717) is 6.42 Å². The molecule has 0 aromatic heterocycles. The summed E-state index contributed by atoms with van der Waals surface area (Å²) in [6.07, 6.45) is 2.27. The molecule has 0 heterocycles. The molecular formula is C10H12O2. The second-order valence-electron chi connectivity index (χ2n) is 2.72. The third-order valence-electron chi connectivity index (χ3n) is 1.84. The molecule has 0 saturated heterocycles. The van der Waals surface area contributed by atoms with Crippen molar-refractivity contribution in [3.05, 3.63) is 35.9 Å². The van der Waals surface area contributed by atoms with Gasteiger partial charge >= 0.3 is 0 Å². The molecule has 0 radical (unpaired) electrons. The standard InChI is InChI=1S/C10H12O2/c1-3-4-8-7(2)5-6-9(11)10(8)12/h3,5-6,11-12H,1,4H2,2H3. The van der Waals surface area contributed by atoms with E-state index in [2.05, 4.69) is 6.58 Å². The van der Waals surface area contributed by atoms with Crippen molar-refractivity contribution >= 4 is 0 Å². The van der Waals surface area contributed by atoms with Gasteiger partial charge in [-0.3, -0.25) is 0 Å². The van der Waals surface area contributed by atoms with E-state index < -0.39 is 0 Å². The molecule has 0 atom stereocenters. The molecule has 0 aliphatic heterocycles. The van der Waals surface area contributed by atoms with Crippen LogP contribution in [0.25, 0.3) is 0 Å². The number of phenols is 2. The van der Waals surface area contributed by atoms with Crippen molar-refractivity contribution in [3.8, 4) is 11.5 Å². The summed E-state index contributed by atoms with van der Waals surface area (Å²) in [5, 5.41) is 18.6. The predicted molar refractivity (Wildman–Crippen MR) is 48.4 cm³/mol. The lowest BCUT2D eigenvalue weighted by Crippen LogP contribution is -1.87. The highest BCUT2D eigenvalue weighted by Crippen LogP contribution is 2.31. The van der Waals surface area contributed by atoms with Crippen LogP contribution in [-0.4, -0.2) is 10.2 Å². The number of allylic oxidation sites excluding steroid dienone is 1. The van der Waals surface area contributed by atoms with Gasteiger partial charge in [-0.2, -0.15) is 0 Å². The zero-order valence-corrected chi connectivity index (χ0v) is 7.04. The normalized spacial score (nSPS) is 9.75. The van der Waals surface area contributed by atoms with Crippen LogP contribution in [0.5, 0.6) is 11.5 Å². The van der Waals surface area contributed by atoms with Gasteiger partial charge in [0, 0.05) is 5.56 Å². The van der Waals surface area contributed by atoms with Crippen molar-refractivity contribution in [2.24, 2.45) is 0 Å². The molecule has 1 aromatic rings. The summed E-state index contributed by atoms with van der Waals surface area (Å²) in [6.45, 7) is 5.46.